The van der Waals surface area contributed by atoms with Crippen LogP contribution in [-0.4, -0.2) is 31.6 Å². The summed E-state index contributed by atoms with van der Waals surface area (Å²) in [4.78, 5) is 26.5. The summed E-state index contributed by atoms with van der Waals surface area (Å²) >= 11 is 5.88. The smallest absolute Gasteiger partial charge is 0.265 e. The van der Waals surface area contributed by atoms with Crippen LogP contribution in [0.4, 0.5) is 11.4 Å². The number of anilines is 2. The molecule has 0 aliphatic carbocycles. The first kappa shape index (κ1) is 19.8. The van der Waals surface area contributed by atoms with Crippen molar-refractivity contribution in [3.8, 4) is 11.5 Å². The van der Waals surface area contributed by atoms with Crippen molar-refractivity contribution in [1.29, 1.82) is 0 Å². The number of carbonyl (C=O) groups is 2. The molecule has 6 nitrogen and oxygen atoms in total. The van der Waals surface area contributed by atoms with Crippen LogP contribution in [0.15, 0.2) is 72.8 Å². The molecule has 1 aliphatic heterocycles. The van der Waals surface area contributed by atoms with Crippen LogP contribution in [0.3, 0.4) is 0 Å². The second-order valence-electron chi connectivity index (χ2n) is 6.64. The van der Waals surface area contributed by atoms with Gasteiger partial charge in [0.05, 0.1) is 12.2 Å². The lowest BCUT2D eigenvalue weighted by Gasteiger charge is -2.29. The van der Waals surface area contributed by atoms with E-state index in [2.05, 4.69) is 5.32 Å². The van der Waals surface area contributed by atoms with E-state index in [0.29, 0.717) is 46.6 Å². The lowest BCUT2D eigenvalue weighted by atomic mass is 10.2. The average Bonchev–Trinajstić information content (AvgIpc) is 2.77. The van der Waals surface area contributed by atoms with E-state index < -0.39 is 0 Å². The number of fused-ring (bicyclic) bond motifs is 1. The standard InChI is InChI=1S/C23H19ClN2O4/c24-17-6-9-19(10-7-17)29-13-12-26-20-14-18(8-11-21(20)30-15-22(26)27)25-23(28)16-4-2-1-3-5-16/h1-11,14H,12-13,15H2,(H,25,28). The lowest BCUT2D eigenvalue weighted by molar-refractivity contribution is -0.121. The quantitative estimate of drug-likeness (QED) is 0.639. The van der Waals surface area contributed by atoms with Crippen LogP contribution in [0.2, 0.25) is 5.02 Å². The topological polar surface area (TPSA) is 67.9 Å². The molecule has 1 N–H and O–H groups in total. The van der Waals surface area contributed by atoms with Gasteiger partial charge in [0.25, 0.3) is 11.8 Å². The number of rotatable bonds is 6. The number of hydrogen-bond donors (Lipinski definition) is 1. The maximum Gasteiger partial charge on any atom is 0.265 e. The summed E-state index contributed by atoms with van der Waals surface area (Å²) in [7, 11) is 0. The van der Waals surface area contributed by atoms with Gasteiger partial charge >= 0.3 is 0 Å². The van der Waals surface area contributed by atoms with Crippen molar-refractivity contribution in [2.45, 2.75) is 0 Å². The molecule has 0 unspecified atom stereocenters. The number of nitrogens with one attached hydrogen (secondary N) is 1. The summed E-state index contributed by atoms with van der Waals surface area (Å²) in [5, 5.41) is 3.48. The predicted molar refractivity (Wildman–Crippen MR) is 116 cm³/mol. The fourth-order valence-electron chi connectivity index (χ4n) is 3.10. The average molecular weight is 423 g/mol. The second kappa shape index (κ2) is 8.88. The van der Waals surface area contributed by atoms with Crippen molar-refractivity contribution in [2.75, 3.05) is 30.0 Å². The summed E-state index contributed by atoms with van der Waals surface area (Å²) in [5.74, 6) is 0.855. The minimum Gasteiger partial charge on any atom is -0.492 e. The van der Waals surface area contributed by atoms with Gasteiger partial charge in [-0.05, 0) is 54.6 Å². The first-order chi connectivity index (χ1) is 14.6. The van der Waals surface area contributed by atoms with Crippen LogP contribution in [0.1, 0.15) is 10.4 Å². The molecule has 1 aliphatic rings. The Kier molecular flexibility index (Phi) is 5.86. The zero-order valence-electron chi connectivity index (χ0n) is 16.0. The number of ether oxygens (including phenoxy) is 2. The number of halogens is 1. The molecule has 0 fully saturated rings. The molecular weight excluding hydrogens is 404 g/mol. The SMILES string of the molecule is O=C(Nc1ccc2c(c1)N(CCOc1ccc(Cl)cc1)C(=O)CO2)c1ccccc1. The molecule has 3 aromatic carbocycles. The minimum absolute atomic E-state index is 0.0380. The summed E-state index contributed by atoms with van der Waals surface area (Å²) in [6.07, 6.45) is 0. The monoisotopic (exact) mass is 422 g/mol. The van der Waals surface area contributed by atoms with E-state index >= 15 is 0 Å². The normalized spacial score (nSPS) is 12.7. The molecule has 0 spiro atoms. The van der Waals surface area contributed by atoms with Gasteiger partial charge in [0.15, 0.2) is 6.61 Å². The fourth-order valence-corrected chi connectivity index (χ4v) is 3.23. The number of benzene rings is 3. The van der Waals surface area contributed by atoms with Crippen LogP contribution in [0.25, 0.3) is 0 Å². The van der Waals surface area contributed by atoms with Gasteiger partial charge in [0.1, 0.15) is 18.1 Å². The van der Waals surface area contributed by atoms with E-state index in [9.17, 15) is 9.59 Å². The minimum atomic E-state index is -0.226. The molecule has 7 heteroatoms. The van der Waals surface area contributed by atoms with Gasteiger partial charge in [0, 0.05) is 16.3 Å². The van der Waals surface area contributed by atoms with Gasteiger partial charge in [-0.3, -0.25) is 9.59 Å². The Morgan fingerprint density at radius 3 is 2.60 bits per heavy atom. The molecule has 0 radical (unpaired) electrons. The van der Waals surface area contributed by atoms with Gasteiger partial charge in [-0.2, -0.15) is 0 Å². The summed E-state index contributed by atoms with van der Waals surface area (Å²) in [6.45, 7) is 0.602. The molecule has 4 rings (SSSR count). The molecular formula is C23H19ClN2O4. The molecule has 0 aromatic heterocycles. The van der Waals surface area contributed by atoms with Crippen LogP contribution in [0.5, 0.6) is 11.5 Å². The molecule has 0 saturated carbocycles. The largest absolute Gasteiger partial charge is 0.492 e. The fraction of sp³-hybridized carbons (Fsp3) is 0.130. The van der Waals surface area contributed by atoms with Crippen LogP contribution >= 0.6 is 11.6 Å². The van der Waals surface area contributed by atoms with Crippen molar-refractivity contribution in [1.82, 2.24) is 0 Å². The van der Waals surface area contributed by atoms with E-state index in [1.54, 1.807) is 71.6 Å². The third kappa shape index (κ3) is 4.55. The third-order valence-corrected chi connectivity index (χ3v) is 4.85. The van der Waals surface area contributed by atoms with E-state index in [1.807, 2.05) is 6.07 Å². The van der Waals surface area contributed by atoms with Gasteiger partial charge in [-0.15, -0.1) is 0 Å². The van der Waals surface area contributed by atoms with Crippen molar-refractivity contribution >= 4 is 34.8 Å². The Labute approximate surface area is 179 Å². The molecule has 0 bridgehead atoms. The van der Waals surface area contributed by atoms with E-state index in [-0.39, 0.29) is 18.4 Å². The number of carbonyl (C=O) groups excluding carboxylic acids is 2. The Morgan fingerprint density at radius 1 is 1.07 bits per heavy atom. The zero-order chi connectivity index (χ0) is 20.9. The first-order valence-corrected chi connectivity index (χ1v) is 9.80. The molecule has 1 heterocycles. The molecule has 30 heavy (non-hydrogen) atoms. The van der Waals surface area contributed by atoms with E-state index in [4.69, 9.17) is 21.1 Å². The molecule has 0 atom stereocenters. The highest BCUT2D eigenvalue weighted by Crippen LogP contribution is 2.34. The number of hydrogen-bond acceptors (Lipinski definition) is 4. The molecule has 0 saturated heterocycles. The van der Waals surface area contributed by atoms with Crippen molar-refractivity contribution < 1.29 is 19.1 Å². The van der Waals surface area contributed by atoms with Crippen molar-refractivity contribution in [3.63, 3.8) is 0 Å². The first-order valence-electron chi connectivity index (χ1n) is 9.42. The predicted octanol–water partition coefficient (Wildman–Crippen LogP) is 4.40. The highest BCUT2D eigenvalue weighted by molar-refractivity contribution is 6.30. The van der Waals surface area contributed by atoms with Gasteiger partial charge in [-0.1, -0.05) is 29.8 Å². The molecule has 2 amide bonds. The zero-order valence-corrected chi connectivity index (χ0v) is 16.8. The highest BCUT2D eigenvalue weighted by Gasteiger charge is 2.26. The summed E-state index contributed by atoms with van der Waals surface area (Å²) in [6, 6.07) is 21.2. The second-order valence-corrected chi connectivity index (χ2v) is 7.08. The van der Waals surface area contributed by atoms with Crippen LogP contribution in [-0.2, 0) is 4.79 Å². The maximum atomic E-state index is 12.4. The van der Waals surface area contributed by atoms with Crippen LogP contribution < -0.4 is 19.7 Å². The van der Waals surface area contributed by atoms with E-state index in [0.717, 1.165) is 0 Å². The summed E-state index contributed by atoms with van der Waals surface area (Å²) in [5.41, 5.74) is 1.72. The van der Waals surface area contributed by atoms with Crippen molar-refractivity contribution in [3.05, 3.63) is 83.4 Å². The van der Waals surface area contributed by atoms with Crippen molar-refractivity contribution in [2.24, 2.45) is 0 Å². The molecule has 152 valence electrons. The maximum absolute atomic E-state index is 12.4. The van der Waals surface area contributed by atoms with Gasteiger partial charge in [-0.25, -0.2) is 0 Å². The van der Waals surface area contributed by atoms with Gasteiger partial charge < -0.3 is 19.7 Å². The lowest BCUT2D eigenvalue weighted by Crippen LogP contribution is -2.41. The number of amides is 2. The third-order valence-electron chi connectivity index (χ3n) is 4.59. The summed E-state index contributed by atoms with van der Waals surface area (Å²) < 4.78 is 11.2. The Morgan fingerprint density at radius 2 is 1.83 bits per heavy atom. The Bertz CT molecular complexity index is 1050. The van der Waals surface area contributed by atoms with E-state index in [1.165, 1.54) is 0 Å². The van der Waals surface area contributed by atoms with Crippen LogP contribution in [0, 0.1) is 0 Å². The van der Waals surface area contributed by atoms with Gasteiger partial charge in [0.2, 0.25) is 0 Å². The number of nitrogens with zero attached hydrogens (tertiary/aromatic N) is 1. The highest BCUT2D eigenvalue weighted by atomic mass is 35.5. The Balaban J connectivity index is 1.47. The Hall–Kier alpha value is -3.51. The molecule has 3 aromatic rings.